The van der Waals surface area contributed by atoms with Crippen LogP contribution in [0.15, 0.2) is 30.3 Å². The summed E-state index contributed by atoms with van der Waals surface area (Å²) in [6.07, 6.45) is 2.62. The normalized spacial score (nSPS) is 13.3. The lowest BCUT2D eigenvalue weighted by molar-refractivity contribution is 0.180. The van der Waals surface area contributed by atoms with Gasteiger partial charge in [-0.3, -0.25) is 4.90 Å². The molecule has 0 aliphatic rings. The van der Waals surface area contributed by atoms with E-state index in [1.54, 1.807) is 0 Å². The molecule has 1 nitrogen and oxygen atoms in total. The summed E-state index contributed by atoms with van der Waals surface area (Å²) < 4.78 is 0. The van der Waals surface area contributed by atoms with Crippen LogP contribution in [0.25, 0.3) is 0 Å². The molecule has 1 atom stereocenters. The molecule has 1 aromatic rings. The molecule has 0 fully saturated rings. The third-order valence-corrected chi connectivity index (χ3v) is 3.29. The van der Waals surface area contributed by atoms with Gasteiger partial charge in [0.1, 0.15) is 0 Å². The first kappa shape index (κ1) is 14.2. The van der Waals surface area contributed by atoms with Crippen LogP contribution in [0.5, 0.6) is 0 Å². The lowest BCUT2D eigenvalue weighted by atomic mass is 10.0. The Balaban J connectivity index is 2.55. The van der Waals surface area contributed by atoms with Crippen molar-refractivity contribution < 1.29 is 0 Å². The fraction of sp³-hybridized carbons (Fsp3) is 0.625. The zero-order valence-electron chi connectivity index (χ0n) is 11.8. The van der Waals surface area contributed by atoms with E-state index in [1.807, 2.05) is 0 Å². The van der Waals surface area contributed by atoms with E-state index in [-0.39, 0.29) is 0 Å². The molecular formula is C16H27N. The van der Waals surface area contributed by atoms with Crippen LogP contribution in [0.1, 0.15) is 46.1 Å². The maximum Gasteiger partial charge on any atom is 0.0236 e. The van der Waals surface area contributed by atoms with Gasteiger partial charge in [-0.25, -0.2) is 0 Å². The molecule has 0 bridgehead atoms. The molecule has 0 saturated carbocycles. The smallest absolute Gasteiger partial charge is 0.0236 e. The molecule has 17 heavy (non-hydrogen) atoms. The highest BCUT2D eigenvalue weighted by molar-refractivity contribution is 5.14. The van der Waals surface area contributed by atoms with Gasteiger partial charge in [-0.05, 0) is 31.7 Å². The summed E-state index contributed by atoms with van der Waals surface area (Å²) in [5.74, 6) is 0.797. The maximum absolute atomic E-state index is 2.58. The number of nitrogens with zero attached hydrogens (tertiary/aromatic N) is 1. The fourth-order valence-electron chi connectivity index (χ4n) is 2.26. The van der Waals surface area contributed by atoms with Gasteiger partial charge in [0.15, 0.2) is 0 Å². The van der Waals surface area contributed by atoms with Gasteiger partial charge < -0.3 is 0 Å². The van der Waals surface area contributed by atoms with Gasteiger partial charge in [0, 0.05) is 19.1 Å². The lowest BCUT2D eigenvalue weighted by Gasteiger charge is -2.29. The quantitative estimate of drug-likeness (QED) is 0.677. The van der Waals surface area contributed by atoms with E-state index >= 15 is 0 Å². The Morgan fingerprint density at radius 2 is 1.71 bits per heavy atom. The van der Waals surface area contributed by atoms with Crippen molar-refractivity contribution in [2.24, 2.45) is 5.92 Å². The van der Waals surface area contributed by atoms with Crippen LogP contribution >= 0.6 is 0 Å². The lowest BCUT2D eigenvalue weighted by Crippen LogP contribution is -2.34. The largest absolute Gasteiger partial charge is 0.296 e. The molecule has 1 rings (SSSR count). The van der Waals surface area contributed by atoms with Crippen LogP contribution in [0.2, 0.25) is 0 Å². The van der Waals surface area contributed by atoms with Crippen molar-refractivity contribution in [1.82, 2.24) is 4.90 Å². The number of hydrogen-bond acceptors (Lipinski definition) is 1. The number of rotatable bonds is 7. The van der Waals surface area contributed by atoms with E-state index in [2.05, 4.69) is 62.9 Å². The molecule has 0 spiro atoms. The Labute approximate surface area is 107 Å². The Bertz CT molecular complexity index is 292. The third-order valence-electron chi connectivity index (χ3n) is 3.29. The molecule has 0 heterocycles. The summed E-state index contributed by atoms with van der Waals surface area (Å²) in [5.41, 5.74) is 1.42. The van der Waals surface area contributed by atoms with Crippen LogP contribution in [-0.2, 0) is 6.54 Å². The third kappa shape index (κ3) is 5.36. The summed E-state index contributed by atoms with van der Waals surface area (Å²) >= 11 is 0. The predicted octanol–water partition coefficient (Wildman–Crippen LogP) is 4.33. The summed E-state index contributed by atoms with van der Waals surface area (Å²) in [4.78, 5) is 2.58. The summed E-state index contributed by atoms with van der Waals surface area (Å²) in [6, 6.07) is 11.4. The molecule has 1 aromatic carbocycles. The van der Waals surface area contributed by atoms with Crippen LogP contribution in [0.3, 0.4) is 0 Å². The average molecular weight is 233 g/mol. The van der Waals surface area contributed by atoms with Gasteiger partial charge in [-0.15, -0.1) is 0 Å². The van der Waals surface area contributed by atoms with E-state index in [9.17, 15) is 0 Å². The first-order valence-electron chi connectivity index (χ1n) is 6.91. The Hall–Kier alpha value is -0.820. The number of hydrogen-bond donors (Lipinski definition) is 0. The molecule has 1 heteroatoms. The second-order valence-corrected chi connectivity index (χ2v) is 5.40. The van der Waals surface area contributed by atoms with Crippen LogP contribution in [-0.4, -0.2) is 17.5 Å². The van der Waals surface area contributed by atoms with Gasteiger partial charge in [-0.1, -0.05) is 50.6 Å². The minimum Gasteiger partial charge on any atom is -0.296 e. The van der Waals surface area contributed by atoms with E-state index in [0.29, 0.717) is 6.04 Å². The Kier molecular flexibility index (Phi) is 6.28. The second-order valence-electron chi connectivity index (χ2n) is 5.40. The molecule has 0 N–H and O–H groups in total. The SMILES string of the molecule is CCC[C@@H](C)CN(Cc1ccccc1)C(C)C. The van der Waals surface area contributed by atoms with Gasteiger partial charge in [-0.2, -0.15) is 0 Å². The minimum atomic E-state index is 0.620. The van der Waals surface area contributed by atoms with Crippen molar-refractivity contribution in [1.29, 1.82) is 0 Å². The molecule has 0 radical (unpaired) electrons. The Morgan fingerprint density at radius 3 is 2.24 bits per heavy atom. The van der Waals surface area contributed by atoms with Crippen molar-refractivity contribution in [2.75, 3.05) is 6.54 Å². The van der Waals surface area contributed by atoms with Crippen molar-refractivity contribution in [2.45, 2.75) is 53.1 Å². The first-order valence-corrected chi connectivity index (χ1v) is 6.91. The summed E-state index contributed by atoms with van der Waals surface area (Å²) in [7, 11) is 0. The fourth-order valence-corrected chi connectivity index (χ4v) is 2.26. The van der Waals surface area contributed by atoms with Gasteiger partial charge in [0.25, 0.3) is 0 Å². The highest BCUT2D eigenvalue weighted by Crippen LogP contribution is 2.13. The maximum atomic E-state index is 2.58. The van der Waals surface area contributed by atoms with E-state index in [4.69, 9.17) is 0 Å². The molecular weight excluding hydrogens is 206 g/mol. The van der Waals surface area contributed by atoms with E-state index in [1.165, 1.54) is 24.9 Å². The number of benzene rings is 1. The molecule has 96 valence electrons. The van der Waals surface area contributed by atoms with Crippen molar-refractivity contribution in [3.63, 3.8) is 0 Å². The molecule has 0 unspecified atom stereocenters. The molecule has 0 aliphatic carbocycles. The van der Waals surface area contributed by atoms with Crippen molar-refractivity contribution in [3.05, 3.63) is 35.9 Å². The summed E-state index contributed by atoms with van der Waals surface area (Å²) in [6.45, 7) is 11.5. The van der Waals surface area contributed by atoms with Gasteiger partial charge in [0.05, 0.1) is 0 Å². The van der Waals surface area contributed by atoms with Crippen molar-refractivity contribution in [3.8, 4) is 0 Å². The first-order chi connectivity index (χ1) is 8.13. The topological polar surface area (TPSA) is 3.24 Å². The predicted molar refractivity (Wildman–Crippen MR) is 76.1 cm³/mol. The summed E-state index contributed by atoms with van der Waals surface area (Å²) in [5, 5.41) is 0. The van der Waals surface area contributed by atoms with E-state index < -0.39 is 0 Å². The highest BCUT2D eigenvalue weighted by atomic mass is 15.1. The Morgan fingerprint density at radius 1 is 1.06 bits per heavy atom. The van der Waals surface area contributed by atoms with E-state index in [0.717, 1.165) is 12.5 Å². The molecule has 0 saturated heterocycles. The van der Waals surface area contributed by atoms with Crippen LogP contribution < -0.4 is 0 Å². The zero-order chi connectivity index (χ0) is 12.7. The standard InChI is InChI=1S/C16H27N/c1-5-9-15(4)12-17(14(2)3)13-16-10-7-6-8-11-16/h6-8,10-11,14-15H,5,9,12-13H2,1-4H3/t15-/m1/s1. The molecule has 0 amide bonds. The zero-order valence-corrected chi connectivity index (χ0v) is 11.8. The van der Waals surface area contributed by atoms with Gasteiger partial charge >= 0.3 is 0 Å². The minimum absolute atomic E-state index is 0.620. The second kappa shape index (κ2) is 7.50. The van der Waals surface area contributed by atoms with Gasteiger partial charge in [0.2, 0.25) is 0 Å². The van der Waals surface area contributed by atoms with Crippen LogP contribution in [0, 0.1) is 5.92 Å². The molecule has 0 aliphatic heterocycles. The van der Waals surface area contributed by atoms with Crippen molar-refractivity contribution >= 4 is 0 Å². The van der Waals surface area contributed by atoms with Crippen LogP contribution in [0.4, 0.5) is 0 Å². The molecule has 0 aromatic heterocycles. The highest BCUT2D eigenvalue weighted by Gasteiger charge is 2.13. The monoisotopic (exact) mass is 233 g/mol. The average Bonchev–Trinajstić information content (AvgIpc) is 2.29.